The molecule has 1 aromatic rings. The fraction of sp³-hybridized carbons (Fsp3) is 0.364. The van der Waals surface area contributed by atoms with Crippen molar-refractivity contribution in [3.63, 3.8) is 0 Å². The van der Waals surface area contributed by atoms with E-state index >= 15 is 0 Å². The molecule has 1 aliphatic heterocycles. The fourth-order valence-corrected chi connectivity index (χ4v) is 2.81. The molecule has 0 saturated carbocycles. The van der Waals surface area contributed by atoms with Crippen molar-refractivity contribution in [2.45, 2.75) is 22.7 Å². The molecule has 1 aromatic carbocycles. The maximum Gasteiger partial charge on any atom is 0.307 e. The summed E-state index contributed by atoms with van der Waals surface area (Å²) in [6.07, 6.45) is -0.0957. The van der Waals surface area contributed by atoms with Gasteiger partial charge in [0.1, 0.15) is 6.10 Å². The molecule has 16 heavy (non-hydrogen) atoms. The molecule has 0 amide bonds. The summed E-state index contributed by atoms with van der Waals surface area (Å²) < 4.78 is 4.98. The predicted octanol–water partition coefficient (Wildman–Crippen LogP) is 1.04. The maximum absolute atomic E-state index is 11.1. The number of hydrogen-bond acceptors (Lipinski definition) is 5. The van der Waals surface area contributed by atoms with Crippen molar-refractivity contribution < 1.29 is 14.6 Å². The van der Waals surface area contributed by atoms with Crippen molar-refractivity contribution in [2.75, 3.05) is 12.3 Å². The van der Waals surface area contributed by atoms with E-state index in [1.165, 1.54) is 11.8 Å². The number of cyclic esters (lactones) is 1. The van der Waals surface area contributed by atoms with Gasteiger partial charge in [-0.25, -0.2) is 0 Å². The van der Waals surface area contributed by atoms with Gasteiger partial charge in [0.2, 0.25) is 0 Å². The van der Waals surface area contributed by atoms with Crippen LogP contribution < -0.4 is 5.73 Å². The van der Waals surface area contributed by atoms with E-state index in [1.807, 2.05) is 24.3 Å². The summed E-state index contributed by atoms with van der Waals surface area (Å²) in [5.74, 6) is -0.258. The van der Waals surface area contributed by atoms with Crippen LogP contribution in [0.3, 0.4) is 0 Å². The van der Waals surface area contributed by atoms with Crippen LogP contribution in [0.15, 0.2) is 29.2 Å². The van der Waals surface area contributed by atoms with Gasteiger partial charge in [-0.1, -0.05) is 12.1 Å². The molecule has 1 aliphatic rings. The molecule has 2 rings (SSSR count). The maximum atomic E-state index is 11.1. The van der Waals surface area contributed by atoms with Gasteiger partial charge in [0, 0.05) is 10.6 Å². The normalized spacial score (nSPS) is 24.4. The number of thioether (sulfide) groups is 1. The van der Waals surface area contributed by atoms with Gasteiger partial charge in [-0.15, -0.1) is 11.8 Å². The van der Waals surface area contributed by atoms with E-state index in [0.717, 1.165) is 4.90 Å². The number of hydrogen-bond donors (Lipinski definition) is 2. The first-order valence-corrected chi connectivity index (χ1v) is 5.90. The molecule has 0 bridgehead atoms. The van der Waals surface area contributed by atoms with Crippen LogP contribution >= 0.6 is 11.8 Å². The lowest BCUT2D eigenvalue weighted by Gasteiger charge is -2.15. The summed E-state index contributed by atoms with van der Waals surface area (Å²) in [6.45, 7) is -0.143. The van der Waals surface area contributed by atoms with Gasteiger partial charge in [-0.05, 0) is 12.1 Å². The predicted molar refractivity (Wildman–Crippen MR) is 62.1 cm³/mol. The molecule has 0 aliphatic carbocycles. The Morgan fingerprint density at radius 1 is 1.50 bits per heavy atom. The minimum absolute atomic E-state index is 0.0535. The standard InChI is InChI=1S/C11H13NO3S/c12-7-3-1-2-4-9(7)16-10-5-11(14)15-8(10)6-13/h1-4,8,10,13H,5-6,12H2. The molecule has 2 atom stereocenters. The van der Waals surface area contributed by atoms with Crippen LogP contribution in [0, 0.1) is 0 Å². The van der Waals surface area contributed by atoms with Crippen molar-refractivity contribution in [1.82, 2.24) is 0 Å². The minimum Gasteiger partial charge on any atom is -0.459 e. The highest BCUT2D eigenvalue weighted by Gasteiger charge is 2.35. The Kier molecular flexibility index (Phi) is 3.36. The van der Waals surface area contributed by atoms with E-state index in [4.69, 9.17) is 15.6 Å². The summed E-state index contributed by atoms with van der Waals surface area (Å²) in [6, 6.07) is 7.47. The van der Waals surface area contributed by atoms with E-state index in [1.54, 1.807) is 0 Å². The molecule has 86 valence electrons. The lowest BCUT2D eigenvalue weighted by molar-refractivity contribution is -0.142. The van der Waals surface area contributed by atoms with Gasteiger partial charge < -0.3 is 15.6 Å². The van der Waals surface area contributed by atoms with Crippen LogP contribution in [0.25, 0.3) is 0 Å². The van der Waals surface area contributed by atoms with Crippen molar-refractivity contribution in [1.29, 1.82) is 0 Å². The van der Waals surface area contributed by atoms with Gasteiger partial charge in [0.15, 0.2) is 0 Å². The topological polar surface area (TPSA) is 72.6 Å². The van der Waals surface area contributed by atoms with Crippen molar-refractivity contribution >= 4 is 23.4 Å². The molecule has 0 spiro atoms. The van der Waals surface area contributed by atoms with Crippen LogP contribution in [0.5, 0.6) is 0 Å². The van der Waals surface area contributed by atoms with Crippen molar-refractivity contribution in [2.24, 2.45) is 0 Å². The van der Waals surface area contributed by atoms with Crippen LogP contribution in [0.1, 0.15) is 6.42 Å². The zero-order chi connectivity index (χ0) is 11.5. The summed E-state index contributed by atoms with van der Waals surface area (Å²) in [5, 5.41) is 9.03. The number of nitrogen functional groups attached to an aromatic ring is 1. The minimum atomic E-state index is -0.419. The van der Waals surface area contributed by atoms with E-state index < -0.39 is 6.10 Å². The first-order chi connectivity index (χ1) is 7.70. The third-order valence-corrected chi connectivity index (χ3v) is 3.84. The number of esters is 1. The van der Waals surface area contributed by atoms with Crippen molar-refractivity contribution in [3.05, 3.63) is 24.3 Å². The van der Waals surface area contributed by atoms with E-state index in [2.05, 4.69) is 0 Å². The zero-order valence-electron chi connectivity index (χ0n) is 8.63. The summed E-state index contributed by atoms with van der Waals surface area (Å²) >= 11 is 1.48. The number of nitrogens with two attached hydrogens (primary N) is 1. The molecule has 4 nitrogen and oxygen atoms in total. The highest BCUT2D eigenvalue weighted by atomic mass is 32.2. The van der Waals surface area contributed by atoms with E-state index in [9.17, 15) is 4.79 Å². The Balaban J connectivity index is 2.10. The lowest BCUT2D eigenvalue weighted by atomic mass is 10.2. The number of rotatable bonds is 3. The Morgan fingerprint density at radius 3 is 2.94 bits per heavy atom. The number of carbonyl (C=O) groups is 1. The number of aliphatic hydroxyl groups excluding tert-OH is 1. The molecule has 3 N–H and O–H groups in total. The molecule has 0 radical (unpaired) electrons. The number of anilines is 1. The van der Waals surface area contributed by atoms with Crippen LogP contribution in [-0.2, 0) is 9.53 Å². The number of ether oxygens (including phenoxy) is 1. The highest BCUT2D eigenvalue weighted by Crippen LogP contribution is 2.35. The Labute approximate surface area is 97.8 Å². The monoisotopic (exact) mass is 239 g/mol. The SMILES string of the molecule is Nc1ccccc1SC1CC(=O)OC1CO. The van der Waals surface area contributed by atoms with Crippen molar-refractivity contribution in [3.8, 4) is 0 Å². The Morgan fingerprint density at radius 2 is 2.25 bits per heavy atom. The number of carbonyl (C=O) groups excluding carboxylic acids is 1. The Hall–Kier alpha value is -1.20. The second kappa shape index (κ2) is 4.76. The van der Waals surface area contributed by atoms with Gasteiger partial charge in [0.05, 0.1) is 18.3 Å². The van der Waals surface area contributed by atoms with Gasteiger partial charge in [0.25, 0.3) is 0 Å². The zero-order valence-corrected chi connectivity index (χ0v) is 9.44. The first-order valence-electron chi connectivity index (χ1n) is 5.02. The van der Waals surface area contributed by atoms with E-state index in [-0.39, 0.29) is 17.8 Å². The van der Waals surface area contributed by atoms with Gasteiger partial charge in [-0.2, -0.15) is 0 Å². The molecule has 0 aromatic heterocycles. The largest absolute Gasteiger partial charge is 0.459 e. The molecule has 2 unspecified atom stereocenters. The molecule has 1 saturated heterocycles. The van der Waals surface area contributed by atoms with Gasteiger partial charge in [-0.3, -0.25) is 4.79 Å². The number of benzene rings is 1. The molecule has 5 heteroatoms. The van der Waals surface area contributed by atoms with Crippen LogP contribution in [-0.4, -0.2) is 29.0 Å². The van der Waals surface area contributed by atoms with Gasteiger partial charge >= 0.3 is 5.97 Å². The van der Waals surface area contributed by atoms with E-state index in [0.29, 0.717) is 12.1 Å². The quantitative estimate of drug-likeness (QED) is 0.609. The molecular weight excluding hydrogens is 226 g/mol. The molecule has 1 heterocycles. The summed E-state index contributed by atoms with van der Waals surface area (Å²) in [4.78, 5) is 12.0. The lowest BCUT2D eigenvalue weighted by Crippen LogP contribution is -2.22. The second-order valence-corrected chi connectivity index (χ2v) is 4.89. The third-order valence-electron chi connectivity index (χ3n) is 2.44. The average molecular weight is 239 g/mol. The summed E-state index contributed by atoms with van der Waals surface area (Å²) in [5.41, 5.74) is 6.49. The summed E-state index contributed by atoms with van der Waals surface area (Å²) in [7, 11) is 0. The smallest absolute Gasteiger partial charge is 0.307 e. The third kappa shape index (κ3) is 2.31. The number of para-hydroxylation sites is 1. The van der Waals surface area contributed by atoms with Crippen LogP contribution in [0.4, 0.5) is 5.69 Å². The second-order valence-electron chi connectivity index (χ2n) is 3.61. The Bertz CT molecular complexity index is 397. The average Bonchev–Trinajstić information content (AvgIpc) is 2.62. The van der Waals surface area contributed by atoms with Crippen LogP contribution in [0.2, 0.25) is 0 Å². The fourth-order valence-electron chi connectivity index (χ4n) is 1.61. The molecular formula is C11H13NO3S. The number of aliphatic hydroxyl groups is 1. The first kappa shape index (κ1) is 11.3. The molecule has 1 fully saturated rings. The highest BCUT2D eigenvalue weighted by molar-refractivity contribution is 8.00.